The van der Waals surface area contributed by atoms with Crippen LogP contribution >= 0.6 is 85.3 Å². The zero-order valence-electron chi connectivity index (χ0n) is 18.2. The van der Waals surface area contributed by atoms with Crippen molar-refractivity contribution in [1.82, 2.24) is 0 Å². The maximum Gasteiger partial charge on any atom is 0.466 e. The highest BCUT2D eigenvalue weighted by Crippen LogP contribution is 2.26. The van der Waals surface area contributed by atoms with Crippen LogP contribution in [0.1, 0.15) is 48.0 Å². The zero-order valence-corrected chi connectivity index (χ0v) is 24.5. The van der Waals surface area contributed by atoms with E-state index in [2.05, 4.69) is 37.0 Å². The Labute approximate surface area is 207 Å². The van der Waals surface area contributed by atoms with Crippen molar-refractivity contribution in [1.29, 1.82) is 0 Å². The van der Waals surface area contributed by atoms with Crippen molar-refractivity contribution >= 4 is 85.3 Å². The summed E-state index contributed by atoms with van der Waals surface area (Å²) in [6.07, 6.45) is 4.19. The molecule has 0 atom stereocenters. The second kappa shape index (κ2) is 69.9. The fourth-order valence-electron chi connectivity index (χ4n) is 0. The molecular formula is C13H40Cl6O8P2. The van der Waals surface area contributed by atoms with Crippen molar-refractivity contribution in [2.24, 2.45) is 0 Å². The summed E-state index contributed by atoms with van der Waals surface area (Å²) >= 11 is 29.3. The molecule has 0 radical (unpaired) electrons. The minimum atomic E-state index is -4.64. The molecule has 16 heteroatoms. The molecule has 0 rings (SSSR count). The SMILES string of the molecule is CCC.CCCl.CCCl.CCCl.CCCl.CCl.CCl.O=P(O)(O)O.O=P(O)(O)O. The number of rotatable bonds is 0. The van der Waals surface area contributed by atoms with Gasteiger partial charge in [-0.15, -0.1) is 69.6 Å². The van der Waals surface area contributed by atoms with Crippen LogP contribution in [0.15, 0.2) is 0 Å². The molecule has 0 aromatic carbocycles. The molecule has 29 heavy (non-hydrogen) atoms. The van der Waals surface area contributed by atoms with Gasteiger partial charge in [-0.2, -0.15) is 0 Å². The Hall–Kier alpha value is 1.96. The number of phosphoric acid groups is 2. The van der Waals surface area contributed by atoms with E-state index in [9.17, 15) is 0 Å². The van der Waals surface area contributed by atoms with Gasteiger partial charge in [0.05, 0.1) is 0 Å². The molecule has 0 heterocycles. The van der Waals surface area contributed by atoms with E-state index in [-0.39, 0.29) is 0 Å². The summed E-state index contributed by atoms with van der Waals surface area (Å²) < 4.78 is 17.8. The molecule has 0 aliphatic heterocycles. The van der Waals surface area contributed by atoms with Crippen molar-refractivity contribution in [3.05, 3.63) is 0 Å². The molecule has 192 valence electrons. The van der Waals surface area contributed by atoms with Gasteiger partial charge in [0.25, 0.3) is 0 Å². The maximum atomic E-state index is 8.88. The lowest BCUT2D eigenvalue weighted by Crippen LogP contribution is -1.66. The van der Waals surface area contributed by atoms with E-state index in [4.69, 9.17) is 84.9 Å². The van der Waals surface area contributed by atoms with Crippen molar-refractivity contribution in [2.45, 2.75) is 48.0 Å². The second-order valence-electron chi connectivity index (χ2n) is 2.80. The van der Waals surface area contributed by atoms with Gasteiger partial charge in [0.15, 0.2) is 0 Å². The lowest BCUT2D eigenvalue weighted by molar-refractivity contribution is 0.272. The van der Waals surface area contributed by atoms with Gasteiger partial charge in [-0.05, 0) is 0 Å². The summed E-state index contributed by atoms with van der Waals surface area (Å²) in [6, 6.07) is 0. The molecule has 0 fully saturated rings. The Balaban J connectivity index is -0.0000000226. The molecule has 0 aliphatic carbocycles. The van der Waals surface area contributed by atoms with Crippen LogP contribution in [-0.2, 0) is 9.13 Å². The highest BCUT2D eigenvalue weighted by molar-refractivity contribution is 7.45. The van der Waals surface area contributed by atoms with E-state index in [0.29, 0.717) is 0 Å². The topological polar surface area (TPSA) is 156 Å². The summed E-state index contributed by atoms with van der Waals surface area (Å²) in [7, 11) is -9.28. The molecule has 0 bridgehead atoms. The predicted molar refractivity (Wildman–Crippen MR) is 134 cm³/mol. The van der Waals surface area contributed by atoms with Crippen LogP contribution in [0, 0.1) is 0 Å². The fourth-order valence-corrected chi connectivity index (χ4v) is 0. The van der Waals surface area contributed by atoms with E-state index in [1.54, 1.807) is 0 Å². The van der Waals surface area contributed by atoms with Crippen molar-refractivity contribution in [3.8, 4) is 0 Å². The predicted octanol–water partition coefficient (Wildman–Crippen LogP) is 6.25. The smallest absolute Gasteiger partial charge is 0.303 e. The van der Waals surface area contributed by atoms with Gasteiger partial charge in [-0.3, -0.25) is 0 Å². The van der Waals surface area contributed by atoms with Gasteiger partial charge >= 0.3 is 15.6 Å². The minimum Gasteiger partial charge on any atom is -0.303 e. The van der Waals surface area contributed by atoms with Gasteiger partial charge in [0.1, 0.15) is 0 Å². The first kappa shape index (κ1) is 57.6. The number of alkyl halides is 6. The standard InChI is InChI=1S/C3H8.4C2H5Cl.2CH3Cl.2H3O4P/c1-3-2;4*1-2-3;2*1-2;2*1-5(2,3)4/h3H2,1-2H3;4*2H2,1H3;2*1H3;2*(H3,1,2,3,4). The Morgan fingerprint density at radius 1 is 0.483 bits per heavy atom. The summed E-state index contributed by atoms with van der Waals surface area (Å²) in [5, 5.41) is 0. The lowest BCUT2D eigenvalue weighted by atomic mass is 10.6. The van der Waals surface area contributed by atoms with Crippen LogP contribution in [0.3, 0.4) is 0 Å². The third-order valence-corrected chi connectivity index (χ3v) is 0. The molecule has 0 amide bonds. The van der Waals surface area contributed by atoms with Crippen molar-refractivity contribution in [2.75, 3.05) is 36.3 Å². The van der Waals surface area contributed by atoms with Crippen LogP contribution in [0.25, 0.3) is 0 Å². The third-order valence-electron chi connectivity index (χ3n) is 0. The Morgan fingerprint density at radius 2 is 0.483 bits per heavy atom. The molecule has 0 aromatic rings. The fraction of sp³-hybridized carbons (Fsp3) is 1.00. The molecule has 0 saturated carbocycles. The Morgan fingerprint density at radius 3 is 0.483 bits per heavy atom. The lowest BCUT2D eigenvalue weighted by Gasteiger charge is -1.82. The second-order valence-corrected chi connectivity index (χ2v) is 6.99. The monoisotopic (exact) mass is 596 g/mol. The molecular weight excluding hydrogens is 559 g/mol. The first-order valence-electron chi connectivity index (χ1n) is 7.63. The zero-order chi connectivity index (χ0) is 26.5. The van der Waals surface area contributed by atoms with Crippen molar-refractivity contribution in [3.63, 3.8) is 0 Å². The molecule has 8 nitrogen and oxygen atoms in total. The van der Waals surface area contributed by atoms with E-state index in [1.165, 1.54) is 19.2 Å². The Bertz CT molecular complexity index is 211. The van der Waals surface area contributed by atoms with Gasteiger partial charge < -0.3 is 29.4 Å². The highest BCUT2D eigenvalue weighted by Gasteiger charge is 2.00. The van der Waals surface area contributed by atoms with Crippen LogP contribution in [-0.4, -0.2) is 65.6 Å². The van der Waals surface area contributed by atoms with E-state index in [1.807, 2.05) is 27.7 Å². The summed E-state index contributed by atoms with van der Waals surface area (Å²) in [5.41, 5.74) is 0. The number of hydrogen-bond acceptors (Lipinski definition) is 2. The Kier molecular flexibility index (Phi) is 139. The van der Waals surface area contributed by atoms with Gasteiger partial charge in [0.2, 0.25) is 0 Å². The maximum absolute atomic E-state index is 8.88. The normalized spacial score (nSPS) is 7.59. The molecule has 0 unspecified atom stereocenters. The summed E-state index contributed by atoms with van der Waals surface area (Å²) in [5.74, 6) is 2.89. The molecule has 0 aliphatic rings. The largest absolute Gasteiger partial charge is 0.466 e. The molecule has 0 aromatic heterocycles. The van der Waals surface area contributed by atoms with E-state index in [0.717, 1.165) is 23.5 Å². The van der Waals surface area contributed by atoms with Crippen LogP contribution in [0.5, 0.6) is 0 Å². The quantitative estimate of drug-likeness (QED) is 0.141. The third kappa shape index (κ3) is 6100. The average molecular weight is 599 g/mol. The minimum absolute atomic E-state index is 0.722. The summed E-state index contributed by atoms with van der Waals surface area (Å²) in [4.78, 5) is 43.1. The number of halogens is 6. The van der Waals surface area contributed by atoms with Crippen LogP contribution in [0.2, 0.25) is 0 Å². The van der Waals surface area contributed by atoms with Gasteiger partial charge in [0, 0.05) is 36.3 Å². The van der Waals surface area contributed by atoms with E-state index < -0.39 is 15.6 Å². The average Bonchev–Trinajstić information content (AvgIpc) is 2.51. The van der Waals surface area contributed by atoms with Crippen molar-refractivity contribution < 1.29 is 38.5 Å². The van der Waals surface area contributed by atoms with Gasteiger partial charge in [-0.25, -0.2) is 9.13 Å². The van der Waals surface area contributed by atoms with Crippen LogP contribution in [0.4, 0.5) is 0 Å². The first-order chi connectivity index (χ1) is 13.1. The number of hydrogen-bond donors (Lipinski definition) is 6. The van der Waals surface area contributed by atoms with Crippen LogP contribution < -0.4 is 0 Å². The first-order valence-corrected chi connectivity index (χ1v) is 14.4. The molecule has 0 saturated heterocycles. The highest BCUT2D eigenvalue weighted by atomic mass is 35.5. The van der Waals surface area contributed by atoms with E-state index >= 15 is 0 Å². The summed E-state index contributed by atoms with van der Waals surface area (Å²) in [6.45, 7) is 11.8. The molecule has 6 N–H and O–H groups in total. The molecule has 0 spiro atoms. The van der Waals surface area contributed by atoms with Gasteiger partial charge in [-0.1, -0.05) is 48.0 Å².